The maximum absolute atomic E-state index is 11.0. The molecule has 0 radical (unpaired) electrons. The number of aromatic nitrogens is 2. The number of carboxylic acid groups (broad SMARTS) is 1. The van der Waals surface area contributed by atoms with Crippen LogP contribution in [0.1, 0.15) is 6.42 Å². The van der Waals surface area contributed by atoms with E-state index in [-0.39, 0.29) is 13.0 Å². The van der Waals surface area contributed by atoms with Crippen LogP contribution in [0.15, 0.2) is 21.9 Å². The zero-order valence-electron chi connectivity index (χ0n) is 6.69. The van der Waals surface area contributed by atoms with Gasteiger partial charge in [-0.1, -0.05) is 0 Å². The molecule has 1 heterocycles. The topological polar surface area (TPSA) is 92.2 Å². The summed E-state index contributed by atoms with van der Waals surface area (Å²) in [5.74, 6) is -0.988. The summed E-state index contributed by atoms with van der Waals surface area (Å²) in [6.07, 6.45) is 1.12. The van der Waals surface area contributed by atoms with Gasteiger partial charge in [0.15, 0.2) is 0 Å². The van der Waals surface area contributed by atoms with Gasteiger partial charge in [-0.15, -0.1) is 0 Å². The van der Waals surface area contributed by atoms with Crippen molar-refractivity contribution in [2.24, 2.45) is 0 Å². The van der Waals surface area contributed by atoms with Crippen molar-refractivity contribution in [2.45, 2.75) is 13.0 Å². The molecule has 0 aliphatic carbocycles. The number of hydrogen-bond acceptors (Lipinski definition) is 3. The molecule has 13 heavy (non-hydrogen) atoms. The normalized spacial score (nSPS) is 9.85. The van der Waals surface area contributed by atoms with Crippen molar-refractivity contribution >= 4 is 5.97 Å². The summed E-state index contributed by atoms with van der Waals surface area (Å²) in [4.78, 5) is 33.7. The largest absolute Gasteiger partial charge is 0.481 e. The smallest absolute Gasteiger partial charge is 0.328 e. The SMILES string of the molecule is O=C(O)CCn1ccc(=O)[nH]c1=O. The molecular formula is C7H8N2O4. The van der Waals surface area contributed by atoms with Gasteiger partial charge in [0.05, 0.1) is 6.42 Å². The number of rotatable bonds is 3. The lowest BCUT2D eigenvalue weighted by atomic mass is 10.4. The number of H-pyrrole nitrogens is 1. The lowest BCUT2D eigenvalue weighted by Gasteiger charge is -2.00. The molecule has 0 aromatic carbocycles. The van der Waals surface area contributed by atoms with Crippen LogP contribution in [0.3, 0.4) is 0 Å². The minimum atomic E-state index is -0.988. The third-order valence-corrected chi connectivity index (χ3v) is 1.46. The molecule has 0 unspecified atom stereocenters. The van der Waals surface area contributed by atoms with E-state index in [1.54, 1.807) is 0 Å². The Hall–Kier alpha value is -1.85. The Bertz CT molecular complexity index is 417. The minimum Gasteiger partial charge on any atom is -0.481 e. The molecule has 0 aliphatic heterocycles. The number of nitrogens with zero attached hydrogens (tertiary/aromatic N) is 1. The van der Waals surface area contributed by atoms with Crippen molar-refractivity contribution in [3.8, 4) is 0 Å². The van der Waals surface area contributed by atoms with Gasteiger partial charge < -0.3 is 9.67 Å². The Morgan fingerprint density at radius 3 is 2.77 bits per heavy atom. The van der Waals surface area contributed by atoms with E-state index in [0.717, 1.165) is 4.57 Å². The number of aromatic amines is 1. The molecule has 0 amide bonds. The Morgan fingerprint density at radius 1 is 1.54 bits per heavy atom. The molecule has 6 heteroatoms. The van der Waals surface area contributed by atoms with Crippen LogP contribution in [-0.2, 0) is 11.3 Å². The molecule has 6 nitrogen and oxygen atoms in total. The lowest BCUT2D eigenvalue weighted by Crippen LogP contribution is -2.29. The van der Waals surface area contributed by atoms with Crippen molar-refractivity contribution in [1.82, 2.24) is 9.55 Å². The number of hydrogen-bond donors (Lipinski definition) is 2. The second kappa shape index (κ2) is 3.70. The first kappa shape index (κ1) is 9.24. The Morgan fingerprint density at radius 2 is 2.23 bits per heavy atom. The van der Waals surface area contributed by atoms with Crippen LogP contribution < -0.4 is 11.2 Å². The fourth-order valence-corrected chi connectivity index (χ4v) is 0.836. The third-order valence-electron chi connectivity index (χ3n) is 1.46. The van der Waals surface area contributed by atoms with Crippen molar-refractivity contribution in [2.75, 3.05) is 0 Å². The molecule has 0 spiro atoms. The molecule has 70 valence electrons. The number of aliphatic carboxylic acids is 1. The summed E-state index contributed by atoms with van der Waals surface area (Å²) in [6.45, 7) is 0.0605. The summed E-state index contributed by atoms with van der Waals surface area (Å²) in [7, 11) is 0. The second-order valence-corrected chi connectivity index (χ2v) is 2.45. The summed E-state index contributed by atoms with van der Waals surface area (Å²) >= 11 is 0. The van der Waals surface area contributed by atoms with Gasteiger partial charge in [-0.2, -0.15) is 0 Å². The first-order valence-corrected chi connectivity index (χ1v) is 3.61. The van der Waals surface area contributed by atoms with Crippen molar-refractivity contribution in [3.63, 3.8) is 0 Å². The second-order valence-electron chi connectivity index (χ2n) is 2.45. The summed E-state index contributed by atoms with van der Waals surface area (Å²) < 4.78 is 1.13. The van der Waals surface area contributed by atoms with Crippen LogP contribution in [0.5, 0.6) is 0 Å². The molecule has 2 N–H and O–H groups in total. The van der Waals surface area contributed by atoms with Crippen molar-refractivity contribution in [3.05, 3.63) is 33.1 Å². The van der Waals surface area contributed by atoms with E-state index >= 15 is 0 Å². The molecule has 1 aromatic rings. The van der Waals surface area contributed by atoms with Crippen LogP contribution in [0.2, 0.25) is 0 Å². The monoisotopic (exact) mass is 184 g/mol. The molecule has 1 rings (SSSR count). The summed E-state index contributed by atoms with van der Waals surface area (Å²) in [5, 5.41) is 8.33. The van der Waals surface area contributed by atoms with Crippen molar-refractivity contribution < 1.29 is 9.90 Å². The molecule has 0 fully saturated rings. The highest BCUT2D eigenvalue weighted by atomic mass is 16.4. The maximum atomic E-state index is 11.0. The van der Waals surface area contributed by atoms with Crippen LogP contribution >= 0.6 is 0 Å². The van der Waals surface area contributed by atoms with Gasteiger partial charge in [0, 0.05) is 18.8 Å². The molecule has 1 aromatic heterocycles. The van der Waals surface area contributed by atoms with Crippen LogP contribution in [0.25, 0.3) is 0 Å². The molecule has 0 saturated carbocycles. The van der Waals surface area contributed by atoms with E-state index in [4.69, 9.17) is 5.11 Å². The maximum Gasteiger partial charge on any atom is 0.328 e. The Kier molecular flexibility index (Phi) is 2.63. The third kappa shape index (κ3) is 2.58. The van der Waals surface area contributed by atoms with Crippen LogP contribution in [0, 0.1) is 0 Å². The van der Waals surface area contributed by atoms with E-state index in [0.29, 0.717) is 0 Å². The van der Waals surface area contributed by atoms with E-state index in [1.807, 2.05) is 4.98 Å². The van der Waals surface area contributed by atoms with Gasteiger partial charge in [0.2, 0.25) is 0 Å². The van der Waals surface area contributed by atoms with Gasteiger partial charge in [0.1, 0.15) is 0 Å². The van der Waals surface area contributed by atoms with E-state index in [1.165, 1.54) is 12.3 Å². The van der Waals surface area contributed by atoms with Gasteiger partial charge in [0.25, 0.3) is 5.56 Å². The number of nitrogens with one attached hydrogen (secondary N) is 1. The highest BCUT2D eigenvalue weighted by Gasteiger charge is 1.99. The molecule has 0 saturated heterocycles. The van der Waals surface area contributed by atoms with Crippen LogP contribution in [-0.4, -0.2) is 20.6 Å². The summed E-state index contributed by atoms with van der Waals surface area (Å²) in [6, 6.07) is 1.17. The summed E-state index contributed by atoms with van der Waals surface area (Å²) in [5.41, 5.74) is -1.08. The first-order chi connectivity index (χ1) is 6.09. The average Bonchev–Trinajstić information content (AvgIpc) is 2.02. The molecule has 0 atom stereocenters. The van der Waals surface area contributed by atoms with Gasteiger partial charge in [-0.05, 0) is 0 Å². The first-order valence-electron chi connectivity index (χ1n) is 3.61. The number of carbonyl (C=O) groups is 1. The average molecular weight is 184 g/mol. The molecular weight excluding hydrogens is 176 g/mol. The van der Waals surface area contributed by atoms with E-state index in [9.17, 15) is 14.4 Å². The van der Waals surface area contributed by atoms with Crippen LogP contribution in [0.4, 0.5) is 0 Å². The zero-order valence-corrected chi connectivity index (χ0v) is 6.69. The van der Waals surface area contributed by atoms with Gasteiger partial charge in [-0.25, -0.2) is 4.79 Å². The predicted molar refractivity (Wildman–Crippen MR) is 43.6 cm³/mol. The Labute approximate surface area is 72.5 Å². The number of aryl methyl sites for hydroxylation is 1. The zero-order chi connectivity index (χ0) is 9.84. The fourth-order valence-electron chi connectivity index (χ4n) is 0.836. The highest BCUT2D eigenvalue weighted by Crippen LogP contribution is 1.83. The Balaban J connectivity index is 2.84. The fraction of sp³-hybridized carbons (Fsp3) is 0.286. The van der Waals surface area contributed by atoms with Gasteiger partial charge >= 0.3 is 11.7 Å². The minimum absolute atomic E-state index is 0.0605. The predicted octanol–water partition coefficient (Wildman–Crippen LogP) is -0.989. The lowest BCUT2D eigenvalue weighted by molar-refractivity contribution is -0.137. The molecule has 0 bridgehead atoms. The molecule has 0 aliphatic rings. The number of carboxylic acids is 1. The van der Waals surface area contributed by atoms with E-state index < -0.39 is 17.2 Å². The standard InChI is InChI=1S/C7H8N2O4/c10-5-1-3-9(7(13)8-5)4-2-6(11)12/h1,3H,2,4H2,(H,11,12)(H,8,10,13). The van der Waals surface area contributed by atoms with Crippen molar-refractivity contribution in [1.29, 1.82) is 0 Å². The van der Waals surface area contributed by atoms with E-state index in [2.05, 4.69) is 0 Å². The highest BCUT2D eigenvalue weighted by molar-refractivity contribution is 5.66. The quantitative estimate of drug-likeness (QED) is 0.630. The van der Waals surface area contributed by atoms with Gasteiger partial charge in [-0.3, -0.25) is 14.6 Å².